The molecule has 0 saturated heterocycles. The van der Waals surface area contributed by atoms with Gasteiger partial charge in [-0.2, -0.15) is 0 Å². The van der Waals surface area contributed by atoms with Crippen LogP contribution in [0.1, 0.15) is 28.4 Å². The number of phenols is 2. The minimum atomic E-state index is -0.360. The Balaban J connectivity index is 1.86. The lowest BCUT2D eigenvalue weighted by Crippen LogP contribution is -2.14. The summed E-state index contributed by atoms with van der Waals surface area (Å²) in [6.45, 7) is 3.90. The lowest BCUT2D eigenvalue weighted by molar-refractivity contribution is 0.471. The van der Waals surface area contributed by atoms with Crippen LogP contribution >= 0.6 is 0 Å². The standard InChI is InChI=1S/C23H21N3O2/c1-14-11-12-24-20(13-14)26-21(16-5-8-18(27)9-6-16)19-10-7-17-4-3-15(2)25-22(17)23(19)28/h3-13,21,27-28H,1-2H3,(H,24,26)/t21-/m0/s1. The van der Waals surface area contributed by atoms with Crippen molar-refractivity contribution in [1.29, 1.82) is 0 Å². The van der Waals surface area contributed by atoms with Gasteiger partial charge in [-0.05, 0) is 55.3 Å². The highest BCUT2D eigenvalue weighted by molar-refractivity contribution is 5.86. The van der Waals surface area contributed by atoms with Crippen LogP contribution in [0, 0.1) is 13.8 Å². The molecule has 0 unspecified atom stereocenters. The Labute approximate surface area is 163 Å². The third-order valence-electron chi connectivity index (χ3n) is 4.75. The van der Waals surface area contributed by atoms with Crippen molar-refractivity contribution in [2.24, 2.45) is 0 Å². The molecule has 0 radical (unpaired) electrons. The van der Waals surface area contributed by atoms with Crippen LogP contribution in [0.3, 0.4) is 0 Å². The van der Waals surface area contributed by atoms with Crippen LogP contribution in [0.25, 0.3) is 10.9 Å². The predicted octanol–water partition coefficient (Wildman–Crippen LogP) is 4.86. The van der Waals surface area contributed by atoms with Crippen LogP contribution in [-0.2, 0) is 0 Å². The smallest absolute Gasteiger partial charge is 0.147 e. The molecule has 3 N–H and O–H groups in total. The van der Waals surface area contributed by atoms with E-state index in [2.05, 4.69) is 15.3 Å². The average Bonchev–Trinajstić information content (AvgIpc) is 2.68. The van der Waals surface area contributed by atoms with E-state index in [0.29, 0.717) is 16.9 Å². The molecule has 2 aromatic heterocycles. The molecule has 5 heteroatoms. The number of nitrogens with one attached hydrogen (secondary N) is 1. The lowest BCUT2D eigenvalue weighted by Gasteiger charge is -2.22. The van der Waals surface area contributed by atoms with Gasteiger partial charge < -0.3 is 15.5 Å². The summed E-state index contributed by atoms with van der Waals surface area (Å²) >= 11 is 0. The van der Waals surface area contributed by atoms with Gasteiger partial charge in [0.25, 0.3) is 0 Å². The first-order chi connectivity index (χ1) is 13.5. The average molecular weight is 371 g/mol. The van der Waals surface area contributed by atoms with Gasteiger partial charge in [0, 0.05) is 22.8 Å². The Hall–Kier alpha value is -3.60. The number of phenolic OH excluding ortho intramolecular Hbond substituents is 2. The van der Waals surface area contributed by atoms with Crippen LogP contribution < -0.4 is 5.32 Å². The highest BCUT2D eigenvalue weighted by Crippen LogP contribution is 2.36. The number of aryl methyl sites for hydroxylation is 2. The van der Waals surface area contributed by atoms with Crippen molar-refractivity contribution in [2.45, 2.75) is 19.9 Å². The Kier molecular flexibility index (Phi) is 4.57. The molecule has 0 saturated carbocycles. The Morgan fingerprint density at radius 3 is 2.39 bits per heavy atom. The Bertz CT molecular complexity index is 1140. The van der Waals surface area contributed by atoms with Gasteiger partial charge >= 0.3 is 0 Å². The van der Waals surface area contributed by atoms with Crippen molar-refractivity contribution in [1.82, 2.24) is 9.97 Å². The molecule has 140 valence electrons. The number of pyridine rings is 2. The van der Waals surface area contributed by atoms with Crippen LogP contribution in [0.4, 0.5) is 5.82 Å². The number of aromatic hydroxyl groups is 2. The van der Waals surface area contributed by atoms with Crippen molar-refractivity contribution >= 4 is 16.7 Å². The normalized spacial score (nSPS) is 12.1. The number of rotatable bonds is 4. The number of anilines is 1. The van der Waals surface area contributed by atoms with Gasteiger partial charge in [-0.3, -0.25) is 0 Å². The fourth-order valence-corrected chi connectivity index (χ4v) is 3.29. The summed E-state index contributed by atoms with van der Waals surface area (Å²) < 4.78 is 0. The molecule has 0 amide bonds. The predicted molar refractivity (Wildman–Crippen MR) is 111 cm³/mol. The van der Waals surface area contributed by atoms with E-state index in [1.54, 1.807) is 18.3 Å². The van der Waals surface area contributed by atoms with Gasteiger partial charge in [-0.25, -0.2) is 9.97 Å². The van der Waals surface area contributed by atoms with Crippen molar-refractivity contribution in [3.63, 3.8) is 0 Å². The number of aromatic nitrogens is 2. The fraction of sp³-hybridized carbons (Fsp3) is 0.130. The largest absolute Gasteiger partial charge is 0.508 e. The van der Waals surface area contributed by atoms with Crippen molar-refractivity contribution in [3.05, 3.63) is 89.2 Å². The van der Waals surface area contributed by atoms with Gasteiger partial charge in [0.05, 0.1) is 6.04 Å². The van der Waals surface area contributed by atoms with E-state index in [4.69, 9.17) is 0 Å². The highest BCUT2D eigenvalue weighted by atomic mass is 16.3. The Morgan fingerprint density at radius 1 is 0.893 bits per heavy atom. The summed E-state index contributed by atoms with van der Waals surface area (Å²) in [5.41, 5.74) is 4.08. The van der Waals surface area contributed by atoms with E-state index >= 15 is 0 Å². The number of hydrogen-bond donors (Lipinski definition) is 3. The third-order valence-corrected chi connectivity index (χ3v) is 4.75. The first-order valence-electron chi connectivity index (χ1n) is 9.08. The summed E-state index contributed by atoms with van der Waals surface area (Å²) in [6, 6.07) is 18.2. The van der Waals surface area contributed by atoms with E-state index in [0.717, 1.165) is 22.2 Å². The molecule has 4 rings (SSSR count). The monoisotopic (exact) mass is 371 g/mol. The van der Waals surface area contributed by atoms with Crippen molar-refractivity contribution < 1.29 is 10.2 Å². The number of benzene rings is 2. The topological polar surface area (TPSA) is 78.3 Å². The zero-order chi connectivity index (χ0) is 19.7. The third kappa shape index (κ3) is 3.47. The first kappa shape index (κ1) is 17.8. The summed E-state index contributed by atoms with van der Waals surface area (Å²) in [5.74, 6) is 1.03. The second-order valence-corrected chi connectivity index (χ2v) is 6.92. The van der Waals surface area contributed by atoms with Crippen molar-refractivity contribution in [2.75, 3.05) is 5.32 Å². The summed E-state index contributed by atoms with van der Waals surface area (Å²) in [4.78, 5) is 8.91. The van der Waals surface area contributed by atoms with Gasteiger partial charge in [-0.1, -0.05) is 30.3 Å². The maximum absolute atomic E-state index is 11.0. The van der Waals surface area contributed by atoms with Gasteiger partial charge in [0.15, 0.2) is 0 Å². The second kappa shape index (κ2) is 7.19. The molecule has 0 aliphatic rings. The minimum Gasteiger partial charge on any atom is -0.508 e. The fourth-order valence-electron chi connectivity index (χ4n) is 3.29. The van der Waals surface area contributed by atoms with Gasteiger partial charge in [0.2, 0.25) is 0 Å². The minimum absolute atomic E-state index is 0.138. The summed E-state index contributed by atoms with van der Waals surface area (Å²) in [5, 5.41) is 25.0. The molecule has 0 spiro atoms. The number of nitrogens with zero attached hydrogens (tertiary/aromatic N) is 2. The zero-order valence-corrected chi connectivity index (χ0v) is 15.7. The molecule has 4 aromatic rings. The van der Waals surface area contributed by atoms with E-state index in [1.807, 2.05) is 62.4 Å². The molecule has 0 fully saturated rings. The molecule has 2 heterocycles. The van der Waals surface area contributed by atoms with Crippen molar-refractivity contribution in [3.8, 4) is 11.5 Å². The molecule has 0 aliphatic heterocycles. The highest BCUT2D eigenvalue weighted by Gasteiger charge is 2.20. The molecule has 1 atom stereocenters. The number of hydrogen-bond acceptors (Lipinski definition) is 5. The summed E-state index contributed by atoms with van der Waals surface area (Å²) in [6.07, 6.45) is 1.75. The second-order valence-electron chi connectivity index (χ2n) is 6.92. The summed E-state index contributed by atoms with van der Waals surface area (Å²) in [7, 11) is 0. The number of fused-ring (bicyclic) bond motifs is 1. The molecule has 28 heavy (non-hydrogen) atoms. The molecular weight excluding hydrogens is 350 g/mol. The molecular formula is C23H21N3O2. The lowest BCUT2D eigenvalue weighted by atomic mass is 9.96. The van der Waals surface area contributed by atoms with E-state index in [1.165, 1.54) is 0 Å². The maximum atomic E-state index is 11.0. The van der Waals surface area contributed by atoms with Gasteiger partial charge in [0.1, 0.15) is 22.8 Å². The van der Waals surface area contributed by atoms with E-state index in [9.17, 15) is 10.2 Å². The Morgan fingerprint density at radius 2 is 1.64 bits per heavy atom. The van der Waals surface area contributed by atoms with Crippen LogP contribution in [0.5, 0.6) is 11.5 Å². The van der Waals surface area contributed by atoms with E-state index in [-0.39, 0.29) is 17.5 Å². The van der Waals surface area contributed by atoms with Crippen LogP contribution in [0.2, 0.25) is 0 Å². The maximum Gasteiger partial charge on any atom is 0.147 e. The molecule has 0 aliphatic carbocycles. The molecule has 0 bridgehead atoms. The quantitative estimate of drug-likeness (QED) is 0.477. The van der Waals surface area contributed by atoms with Crippen LogP contribution in [0.15, 0.2) is 66.9 Å². The van der Waals surface area contributed by atoms with Crippen LogP contribution in [-0.4, -0.2) is 20.2 Å². The SMILES string of the molecule is Cc1ccnc(N[C@@H](c2ccc(O)cc2)c2ccc3ccc(C)nc3c2O)c1. The molecule has 5 nitrogen and oxygen atoms in total. The van der Waals surface area contributed by atoms with Gasteiger partial charge in [-0.15, -0.1) is 0 Å². The van der Waals surface area contributed by atoms with E-state index < -0.39 is 0 Å². The zero-order valence-electron chi connectivity index (χ0n) is 15.7. The first-order valence-corrected chi connectivity index (χ1v) is 9.08. The molecule has 2 aromatic carbocycles.